The lowest BCUT2D eigenvalue weighted by Crippen LogP contribution is -2.27. The van der Waals surface area contributed by atoms with Gasteiger partial charge >= 0.3 is 0 Å². The van der Waals surface area contributed by atoms with Crippen molar-refractivity contribution in [2.24, 2.45) is 5.92 Å². The van der Waals surface area contributed by atoms with E-state index in [2.05, 4.69) is 12.2 Å². The maximum atomic E-state index is 13.4. The Bertz CT molecular complexity index is 359. The molecule has 88 valence electrons. The van der Waals surface area contributed by atoms with Gasteiger partial charge in [-0.1, -0.05) is 12.1 Å². The molecule has 1 aromatic carbocycles. The van der Waals surface area contributed by atoms with E-state index >= 15 is 0 Å². The van der Waals surface area contributed by atoms with Crippen molar-refractivity contribution in [3.63, 3.8) is 0 Å². The second-order valence-corrected chi connectivity index (χ2v) is 5.05. The largest absolute Gasteiger partial charge is 0.310 e. The van der Waals surface area contributed by atoms with Crippen molar-refractivity contribution in [3.8, 4) is 0 Å². The fourth-order valence-corrected chi connectivity index (χ4v) is 2.18. The Kier molecular flexibility index (Phi) is 3.29. The SMILES string of the molecule is Cc1cc(CNC(C)C2CC2)cc(C)c1F. The number of benzene rings is 1. The van der Waals surface area contributed by atoms with Crippen LogP contribution in [0.1, 0.15) is 36.5 Å². The molecule has 0 bridgehead atoms. The van der Waals surface area contributed by atoms with E-state index in [1.807, 2.05) is 26.0 Å². The van der Waals surface area contributed by atoms with Crippen LogP contribution in [0.25, 0.3) is 0 Å². The second-order valence-electron chi connectivity index (χ2n) is 5.05. The summed E-state index contributed by atoms with van der Waals surface area (Å²) in [5, 5.41) is 3.51. The molecule has 2 heteroatoms. The van der Waals surface area contributed by atoms with Crippen LogP contribution in [-0.2, 0) is 6.54 Å². The van der Waals surface area contributed by atoms with Crippen LogP contribution in [0.2, 0.25) is 0 Å². The van der Waals surface area contributed by atoms with E-state index in [0.29, 0.717) is 6.04 Å². The molecule has 1 atom stereocenters. The van der Waals surface area contributed by atoms with E-state index in [9.17, 15) is 4.39 Å². The van der Waals surface area contributed by atoms with Gasteiger partial charge in [-0.25, -0.2) is 4.39 Å². The number of hydrogen-bond acceptors (Lipinski definition) is 1. The van der Waals surface area contributed by atoms with Gasteiger partial charge in [0.05, 0.1) is 0 Å². The summed E-state index contributed by atoms with van der Waals surface area (Å²) in [5.74, 6) is 0.793. The van der Waals surface area contributed by atoms with E-state index in [-0.39, 0.29) is 5.82 Å². The van der Waals surface area contributed by atoms with Gasteiger partial charge in [-0.15, -0.1) is 0 Å². The quantitative estimate of drug-likeness (QED) is 0.822. The summed E-state index contributed by atoms with van der Waals surface area (Å²) in [4.78, 5) is 0. The molecule has 0 aromatic heterocycles. The number of nitrogens with one attached hydrogen (secondary N) is 1. The highest BCUT2D eigenvalue weighted by Gasteiger charge is 2.27. The Hall–Kier alpha value is -0.890. The second kappa shape index (κ2) is 4.54. The number of halogens is 1. The Morgan fingerprint density at radius 3 is 2.38 bits per heavy atom. The van der Waals surface area contributed by atoms with Crippen molar-refractivity contribution in [1.82, 2.24) is 5.32 Å². The molecule has 0 heterocycles. The third-order valence-corrected chi connectivity index (χ3v) is 3.45. The normalized spacial score (nSPS) is 17.5. The van der Waals surface area contributed by atoms with Crippen LogP contribution in [-0.4, -0.2) is 6.04 Å². The van der Waals surface area contributed by atoms with E-state index in [0.717, 1.165) is 23.6 Å². The van der Waals surface area contributed by atoms with E-state index < -0.39 is 0 Å². The molecule has 1 aliphatic rings. The van der Waals surface area contributed by atoms with Crippen molar-refractivity contribution < 1.29 is 4.39 Å². The van der Waals surface area contributed by atoms with Crippen LogP contribution in [0.4, 0.5) is 4.39 Å². The predicted molar refractivity (Wildman–Crippen MR) is 64.9 cm³/mol. The van der Waals surface area contributed by atoms with Crippen LogP contribution in [0.15, 0.2) is 12.1 Å². The summed E-state index contributed by atoms with van der Waals surface area (Å²) in [7, 11) is 0. The maximum Gasteiger partial charge on any atom is 0.129 e. The molecule has 0 amide bonds. The van der Waals surface area contributed by atoms with Crippen molar-refractivity contribution in [3.05, 3.63) is 34.6 Å². The van der Waals surface area contributed by atoms with Gasteiger partial charge in [-0.3, -0.25) is 0 Å². The smallest absolute Gasteiger partial charge is 0.129 e. The van der Waals surface area contributed by atoms with Crippen molar-refractivity contribution in [2.45, 2.75) is 46.2 Å². The fraction of sp³-hybridized carbons (Fsp3) is 0.571. The molecule has 16 heavy (non-hydrogen) atoms. The molecule has 1 unspecified atom stereocenters. The molecular weight excluding hydrogens is 201 g/mol. The minimum atomic E-state index is -0.0704. The summed E-state index contributed by atoms with van der Waals surface area (Å²) >= 11 is 0. The minimum Gasteiger partial charge on any atom is -0.310 e. The standard InChI is InChI=1S/C14H20FN/c1-9-6-12(7-10(2)14(9)15)8-16-11(3)13-4-5-13/h6-7,11,13,16H,4-5,8H2,1-3H3. The lowest BCUT2D eigenvalue weighted by molar-refractivity contribution is 0.495. The first-order valence-corrected chi connectivity index (χ1v) is 6.07. The zero-order valence-electron chi connectivity index (χ0n) is 10.3. The summed E-state index contributed by atoms with van der Waals surface area (Å²) < 4.78 is 13.4. The monoisotopic (exact) mass is 221 g/mol. The number of hydrogen-bond donors (Lipinski definition) is 1. The third kappa shape index (κ3) is 2.62. The zero-order chi connectivity index (χ0) is 11.7. The Morgan fingerprint density at radius 1 is 1.31 bits per heavy atom. The first-order chi connectivity index (χ1) is 7.58. The average molecular weight is 221 g/mol. The first-order valence-electron chi connectivity index (χ1n) is 6.07. The van der Waals surface area contributed by atoms with Gasteiger partial charge in [-0.2, -0.15) is 0 Å². The molecular formula is C14H20FN. The van der Waals surface area contributed by atoms with E-state index in [1.54, 1.807) is 0 Å². The molecule has 0 spiro atoms. The first kappa shape index (κ1) is 11.6. The fourth-order valence-electron chi connectivity index (χ4n) is 2.18. The van der Waals surface area contributed by atoms with Crippen LogP contribution >= 0.6 is 0 Å². The van der Waals surface area contributed by atoms with E-state index in [4.69, 9.17) is 0 Å². The van der Waals surface area contributed by atoms with Gasteiger partial charge in [0.1, 0.15) is 5.82 Å². The minimum absolute atomic E-state index is 0.0704. The van der Waals surface area contributed by atoms with Crippen LogP contribution in [0.5, 0.6) is 0 Å². The van der Waals surface area contributed by atoms with Gasteiger partial charge < -0.3 is 5.32 Å². The van der Waals surface area contributed by atoms with Crippen LogP contribution < -0.4 is 5.32 Å². The highest BCUT2D eigenvalue weighted by molar-refractivity contribution is 5.30. The third-order valence-electron chi connectivity index (χ3n) is 3.45. The topological polar surface area (TPSA) is 12.0 Å². The highest BCUT2D eigenvalue weighted by Crippen LogP contribution is 2.32. The summed E-state index contributed by atoms with van der Waals surface area (Å²) in [5.41, 5.74) is 2.68. The molecule has 1 aromatic rings. The molecule has 0 saturated heterocycles. The van der Waals surface area contributed by atoms with E-state index in [1.165, 1.54) is 18.4 Å². The van der Waals surface area contributed by atoms with Crippen LogP contribution in [0.3, 0.4) is 0 Å². The maximum absolute atomic E-state index is 13.4. The Morgan fingerprint density at radius 2 is 1.88 bits per heavy atom. The molecule has 1 saturated carbocycles. The highest BCUT2D eigenvalue weighted by atomic mass is 19.1. The predicted octanol–water partition coefficient (Wildman–Crippen LogP) is 3.33. The number of aryl methyl sites for hydroxylation is 2. The van der Waals surface area contributed by atoms with Crippen molar-refractivity contribution >= 4 is 0 Å². The molecule has 1 fully saturated rings. The van der Waals surface area contributed by atoms with Crippen molar-refractivity contribution in [1.29, 1.82) is 0 Å². The van der Waals surface area contributed by atoms with Gasteiger partial charge in [-0.05, 0) is 56.2 Å². The van der Waals surface area contributed by atoms with Gasteiger partial charge in [0.2, 0.25) is 0 Å². The molecule has 1 aliphatic carbocycles. The lowest BCUT2D eigenvalue weighted by Gasteiger charge is -2.13. The molecule has 2 rings (SSSR count). The zero-order valence-corrected chi connectivity index (χ0v) is 10.3. The Labute approximate surface area is 97.1 Å². The van der Waals surface area contributed by atoms with Gasteiger partial charge in [0, 0.05) is 12.6 Å². The van der Waals surface area contributed by atoms with Gasteiger partial charge in [0.25, 0.3) is 0 Å². The van der Waals surface area contributed by atoms with Crippen molar-refractivity contribution in [2.75, 3.05) is 0 Å². The number of rotatable bonds is 4. The summed E-state index contributed by atoms with van der Waals surface area (Å²) in [6, 6.07) is 4.47. The average Bonchev–Trinajstić information content (AvgIpc) is 3.05. The molecule has 1 N–H and O–H groups in total. The van der Waals surface area contributed by atoms with Gasteiger partial charge in [0.15, 0.2) is 0 Å². The molecule has 1 nitrogen and oxygen atoms in total. The summed E-state index contributed by atoms with van der Waals surface area (Å²) in [6.45, 7) is 6.74. The molecule has 0 radical (unpaired) electrons. The Balaban J connectivity index is 1.98. The molecule has 0 aliphatic heterocycles. The lowest BCUT2D eigenvalue weighted by atomic mass is 10.1. The van der Waals surface area contributed by atoms with Crippen LogP contribution in [0, 0.1) is 25.6 Å². The summed E-state index contributed by atoms with van der Waals surface area (Å²) in [6.07, 6.45) is 2.71.